The second-order valence-corrected chi connectivity index (χ2v) is 2.23. The Morgan fingerprint density at radius 3 is 2.42 bits per heavy atom. The highest BCUT2D eigenvalue weighted by atomic mass is 16.7. The molecule has 5 heteroatoms. The maximum atomic E-state index is 10.5. The van der Waals surface area contributed by atoms with Crippen molar-refractivity contribution in [1.82, 2.24) is 0 Å². The standard InChI is InChI=1S/C7H12O5/c1-3-11-7(10)12-4-5(2)6(8)9/h5H,3-4H2,1-2H3,(H,8,9). The summed E-state index contributed by atoms with van der Waals surface area (Å²) in [5.74, 6) is -1.70. The number of carbonyl (C=O) groups is 2. The summed E-state index contributed by atoms with van der Waals surface area (Å²) in [5.41, 5.74) is 0. The van der Waals surface area contributed by atoms with Crippen LogP contribution in [-0.4, -0.2) is 30.4 Å². The molecule has 12 heavy (non-hydrogen) atoms. The van der Waals surface area contributed by atoms with E-state index in [0.29, 0.717) is 0 Å². The van der Waals surface area contributed by atoms with Crippen molar-refractivity contribution in [3.63, 3.8) is 0 Å². The van der Waals surface area contributed by atoms with Crippen LogP contribution in [0, 0.1) is 5.92 Å². The van der Waals surface area contributed by atoms with Gasteiger partial charge in [-0.3, -0.25) is 4.79 Å². The molecule has 0 saturated carbocycles. The third-order valence-electron chi connectivity index (χ3n) is 1.13. The number of carboxylic acid groups (broad SMARTS) is 1. The minimum atomic E-state index is -1.00. The monoisotopic (exact) mass is 176 g/mol. The fourth-order valence-electron chi connectivity index (χ4n) is 0.424. The third kappa shape index (κ3) is 4.54. The maximum absolute atomic E-state index is 10.5. The van der Waals surface area contributed by atoms with Crippen molar-refractivity contribution in [3.05, 3.63) is 0 Å². The van der Waals surface area contributed by atoms with E-state index in [-0.39, 0.29) is 13.2 Å². The van der Waals surface area contributed by atoms with Crippen LogP contribution in [0.1, 0.15) is 13.8 Å². The van der Waals surface area contributed by atoms with Crippen LogP contribution in [0.4, 0.5) is 4.79 Å². The average molecular weight is 176 g/mol. The van der Waals surface area contributed by atoms with Gasteiger partial charge in [0.05, 0.1) is 12.5 Å². The van der Waals surface area contributed by atoms with Crippen molar-refractivity contribution in [2.45, 2.75) is 13.8 Å². The highest BCUT2D eigenvalue weighted by Crippen LogP contribution is 1.96. The molecule has 0 aromatic heterocycles. The molecule has 0 saturated heterocycles. The van der Waals surface area contributed by atoms with Crippen LogP contribution in [0.2, 0.25) is 0 Å². The molecule has 0 aliphatic heterocycles. The predicted octanol–water partition coefficient (Wildman–Crippen LogP) is 0.880. The van der Waals surface area contributed by atoms with Crippen LogP contribution in [0.5, 0.6) is 0 Å². The molecular weight excluding hydrogens is 164 g/mol. The molecule has 0 spiro atoms. The van der Waals surface area contributed by atoms with Gasteiger partial charge in [-0.1, -0.05) is 0 Å². The zero-order valence-electron chi connectivity index (χ0n) is 7.07. The lowest BCUT2D eigenvalue weighted by molar-refractivity contribution is -0.142. The molecule has 1 atom stereocenters. The van der Waals surface area contributed by atoms with Crippen molar-refractivity contribution in [1.29, 1.82) is 0 Å². The van der Waals surface area contributed by atoms with Crippen LogP contribution >= 0.6 is 0 Å². The Kier molecular flexibility index (Phi) is 4.83. The van der Waals surface area contributed by atoms with Crippen LogP contribution < -0.4 is 0 Å². The highest BCUT2D eigenvalue weighted by Gasteiger charge is 2.13. The molecule has 0 aromatic rings. The topological polar surface area (TPSA) is 72.8 Å². The lowest BCUT2D eigenvalue weighted by atomic mass is 10.2. The SMILES string of the molecule is CCOC(=O)OCC(C)C(=O)O. The molecule has 0 amide bonds. The van der Waals surface area contributed by atoms with Gasteiger partial charge in [0.15, 0.2) is 0 Å². The van der Waals surface area contributed by atoms with E-state index in [1.165, 1.54) is 6.92 Å². The van der Waals surface area contributed by atoms with E-state index in [0.717, 1.165) is 0 Å². The Balaban J connectivity index is 3.54. The first-order chi connectivity index (χ1) is 5.57. The molecule has 70 valence electrons. The molecule has 0 heterocycles. The van der Waals surface area contributed by atoms with Crippen molar-refractivity contribution < 1.29 is 24.2 Å². The summed E-state index contributed by atoms with van der Waals surface area (Å²) in [6, 6.07) is 0. The number of hydrogen-bond acceptors (Lipinski definition) is 4. The summed E-state index contributed by atoms with van der Waals surface area (Å²) < 4.78 is 8.88. The molecule has 0 aliphatic rings. The van der Waals surface area contributed by atoms with Gasteiger partial charge >= 0.3 is 12.1 Å². The zero-order valence-corrected chi connectivity index (χ0v) is 7.07. The van der Waals surface area contributed by atoms with Gasteiger partial charge in [0.2, 0.25) is 0 Å². The molecule has 0 aromatic carbocycles. The van der Waals surface area contributed by atoms with Crippen LogP contribution in [-0.2, 0) is 14.3 Å². The first kappa shape index (κ1) is 10.7. The molecule has 0 radical (unpaired) electrons. The number of carboxylic acids is 1. The second-order valence-electron chi connectivity index (χ2n) is 2.23. The Hall–Kier alpha value is -1.26. The van der Waals surface area contributed by atoms with E-state index in [1.54, 1.807) is 6.92 Å². The Morgan fingerprint density at radius 1 is 1.42 bits per heavy atom. The van der Waals surface area contributed by atoms with Crippen LogP contribution in [0.15, 0.2) is 0 Å². The molecular formula is C7H12O5. The largest absolute Gasteiger partial charge is 0.508 e. The lowest BCUT2D eigenvalue weighted by Gasteiger charge is -2.06. The number of ether oxygens (including phenoxy) is 2. The highest BCUT2D eigenvalue weighted by molar-refractivity contribution is 5.70. The van der Waals surface area contributed by atoms with Crippen molar-refractivity contribution in [3.8, 4) is 0 Å². The average Bonchev–Trinajstić information content (AvgIpc) is 2.00. The molecule has 5 nitrogen and oxygen atoms in total. The van der Waals surface area contributed by atoms with Gasteiger partial charge in [-0.2, -0.15) is 0 Å². The normalized spacial score (nSPS) is 11.8. The maximum Gasteiger partial charge on any atom is 0.508 e. The minimum Gasteiger partial charge on any atom is -0.481 e. The van der Waals surface area contributed by atoms with Gasteiger partial charge in [0.1, 0.15) is 6.61 Å². The predicted molar refractivity (Wildman–Crippen MR) is 39.8 cm³/mol. The number of carbonyl (C=O) groups excluding carboxylic acids is 1. The second kappa shape index (κ2) is 5.40. The summed E-state index contributed by atoms with van der Waals surface area (Å²) in [7, 11) is 0. The van der Waals surface area contributed by atoms with Gasteiger partial charge in [-0.05, 0) is 13.8 Å². The van der Waals surface area contributed by atoms with E-state index in [9.17, 15) is 9.59 Å². The summed E-state index contributed by atoms with van der Waals surface area (Å²) in [6.45, 7) is 3.15. The first-order valence-corrected chi connectivity index (χ1v) is 3.60. The molecule has 0 aliphatic carbocycles. The summed E-state index contributed by atoms with van der Waals surface area (Å²) in [4.78, 5) is 20.8. The van der Waals surface area contributed by atoms with Crippen molar-refractivity contribution in [2.75, 3.05) is 13.2 Å². The molecule has 0 bridgehead atoms. The molecule has 0 rings (SSSR count). The quantitative estimate of drug-likeness (QED) is 0.643. The number of aliphatic carboxylic acids is 1. The van der Waals surface area contributed by atoms with Gasteiger partial charge in [-0.25, -0.2) is 4.79 Å². The lowest BCUT2D eigenvalue weighted by Crippen LogP contribution is -2.19. The van der Waals surface area contributed by atoms with Gasteiger partial charge < -0.3 is 14.6 Å². The fourth-order valence-corrected chi connectivity index (χ4v) is 0.424. The molecule has 1 N–H and O–H groups in total. The van der Waals surface area contributed by atoms with E-state index in [1.807, 2.05) is 0 Å². The van der Waals surface area contributed by atoms with E-state index < -0.39 is 18.0 Å². The zero-order chi connectivity index (χ0) is 9.56. The molecule has 0 fully saturated rings. The summed E-state index contributed by atoms with van der Waals surface area (Å²) in [6.07, 6.45) is -0.828. The summed E-state index contributed by atoms with van der Waals surface area (Å²) in [5, 5.41) is 8.39. The fraction of sp³-hybridized carbons (Fsp3) is 0.714. The van der Waals surface area contributed by atoms with E-state index >= 15 is 0 Å². The Bertz CT molecular complexity index is 165. The first-order valence-electron chi connectivity index (χ1n) is 3.60. The Labute approximate surface area is 70.3 Å². The minimum absolute atomic E-state index is 0.159. The van der Waals surface area contributed by atoms with Gasteiger partial charge in [0.25, 0.3) is 0 Å². The molecule has 1 unspecified atom stereocenters. The Morgan fingerprint density at radius 2 is 2.00 bits per heavy atom. The van der Waals surface area contributed by atoms with Crippen molar-refractivity contribution in [2.24, 2.45) is 5.92 Å². The number of rotatable bonds is 4. The number of hydrogen-bond donors (Lipinski definition) is 1. The third-order valence-corrected chi connectivity index (χ3v) is 1.13. The van der Waals surface area contributed by atoms with Gasteiger partial charge in [0, 0.05) is 0 Å². The van der Waals surface area contributed by atoms with E-state index in [4.69, 9.17) is 5.11 Å². The summed E-state index contributed by atoms with van der Waals surface area (Å²) >= 11 is 0. The smallest absolute Gasteiger partial charge is 0.481 e. The van der Waals surface area contributed by atoms with E-state index in [2.05, 4.69) is 9.47 Å². The van der Waals surface area contributed by atoms with Crippen molar-refractivity contribution >= 4 is 12.1 Å². The van der Waals surface area contributed by atoms with Crippen LogP contribution in [0.25, 0.3) is 0 Å². The van der Waals surface area contributed by atoms with Gasteiger partial charge in [-0.15, -0.1) is 0 Å². The van der Waals surface area contributed by atoms with Crippen LogP contribution in [0.3, 0.4) is 0 Å².